The van der Waals surface area contributed by atoms with E-state index in [9.17, 15) is 22.0 Å². The first-order valence-corrected chi connectivity index (χ1v) is 9.88. The van der Waals surface area contributed by atoms with E-state index in [-0.39, 0.29) is 30.2 Å². The third-order valence-electron chi connectivity index (χ3n) is 4.96. The molecule has 1 atom stereocenters. The summed E-state index contributed by atoms with van der Waals surface area (Å²) in [5.74, 6) is -1.59. The van der Waals surface area contributed by atoms with E-state index in [1.807, 2.05) is 0 Å². The zero-order valence-electron chi connectivity index (χ0n) is 17.0. The fourth-order valence-electron chi connectivity index (χ4n) is 3.29. The van der Waals surface area contributed by atoms with Crippen LogP contribution in [0.2, 0.25) is 0 Å². The van der Waals surface area contributed by atoms with Crippen molar-refractivity contribution >= 4 is 12.1 Å². The number of nitrogens with zero attached hydrogens (tertiary/aromatic N) is 2. The average Bonchev–Trinajstić information content (AvgIpc) is 3.26. The van der Waals surface area contributed by atoms with Crippen molar-refractivity contribution in [1.82, 2.24) is 0 Å². The Morgan fingerprint density at radius 3 is 2.36 bits per heavy atom. The standard InChI is InChI=1S/C24H17F5N2O2/c25-19-6-3-7-20(26)22(19)23-31-21(14-32-23)16-10-8-15(9-11-16)13-33-30-12-17-4-1-2-5-18(17)24(27,28)29/h1-12,21H,13-14H2/b30-12+. The summed E-state index contributed by atoms with van der Waals surface area (Å²) >= 11 is 0. The first kappa shape index (κ1) is 22.4. The molecule has 1 aliphatic rings. The van der Waals surface area contributed by atoms with Gasteiger partial charge in [0.1, 0.15) is 36.5 Å². The van der Waals surface area contributed by atoms with Gasteiger partial charge >= 0.3 is 6.18 Å². The molecule has 4 nitrogen and oxygen atoms in total. The van der Waals surface area contributed by atoms with Crippen LogP contribution in [-0.4, -0.2) is 18.7 Å². The molecule has 0 saturated heterocycles. The average molecular weight is 460 g/mol. The van der Waals surface area contributed by atoms with Crippen molar-refractivity contribution in [3.8, 4) is 0 Å². The van der Waals surface area contributed by atoms with E-state index in [2.05, 4.69) is 10.1 Å². The predicted octanol–water partition coefficient (Wildman–Crippen LogP) is 6.05. The lowest BCUT2D eigenvalue weighted by atomic mass is 10.1. The smallest absolute Gasteiger partial charge is 0.417 e. The minimum absolute atomic E-state index is 0.0427. The van der Waals surface area contributed by atoms with Gasteiger partial charge in [-0.15, -0.1) is 0 Å². The summed E-state index contributed by atoms with van der Waals surface area (Å²) in [5, 5.41) is 3.63. The quantitative estimate of drug-likeness (QED) is 0.255. The van der Waals surface area contributed by atoms with Gasteiger partial charge in [0.25, 0.3) is 0 Å². The van der Waals surface area contributed by atoms with Gasteiger partial charge in [-0.05, 0) is 29.3 Å². The highest BCUT2D eigenvalue weighted by atomic mass is 19.4. The summed E-state index contributed by atoms with van der Waals surface area (Å²) in [6.07, 6.45) is -3.46. The van der Waals surface area contributed by atoms with Crippen LogP contribution in [0.5, 0.6) is 0 Å². The Balaban J connectivity index is 1.38. The SMILES string of the molecule is Fc1cccc(F)c1C1=NC(c2ccc(CO/N=C/c3ccccc3C(F)(F)F)cc2)CO1. The first-order chi connectivity index (χ1) is 15.8. The van der Waals surface area contributed by atoms with Gasteiger partial charge in [-0.1, -0.05) is 53.7 Å². The van der Waals surface area contributed by atoms with Crippen molar-refractivity contribution in [3.05, 3.63) is 106 Å². The predicted molar refractivity (Wildman–Crippen MR) is 112 cm³/mol. The molecule has 9 heteroatoms. The van der Waals surface area contributed by atoms with Crippen LogP contribution < -0.4 is 0 Å². The molecule has 1 heterocycles. The minimum atomic E-state index is -4.48. The number of ether oxygens (including phenoxy) is 1. The molecule has 0 aliphatic carbocycles. The molecule has 0 aromatic heterocycles. The van der Waals surface area contributed by atoms with Gasteiger partial charge in [-0.25, -0.2) is 13.8 Å². The number of alkyl halides is 3. The van der Waals surface area contributed by atoms with E-state index >= 15 is 0 Å². The zero-order chi connectivity index (χ0) is 23.4. The topological polar surface area (TPSA) is 43.2 Å². The van der Waals surface area contributed by atoms with Crippen LogP contribution in [0, 0.1) is 11.6 Å². The molecule has 33 heavy (non-hydrogen) atoms. The number of halogens is 5. The van der Waals surface area contributed by atoms with E-state index in [1.165, 1.54) is 24.3 Å². The first-order valence-electron chi connectivity index (χ1n) is 9.88. The van der Waals surface area contributed by atoms with Gasteiger partial charge in [0.15, 0.2) is 0 Å². The normalized spacial score (nSPS) is 16.0. The van der Waals surface area contributed by atoms with Gasteiger partial charge < -0.3 is 9.57 Å². The molecule has 1 aliphatic heterocycles. The lowest BCUT2D eigenvalue weighted by Gasteiger charge is -2.09. The Morgan fingerprint density at radius 2 is 1.67 bits per heavy atom. The van der Waals surface area contributed by atoms with E-state index in [1.54, 1.807) is 24.3 Å². The fraction of sp³-hybridized carbons (Fsp3) is 0.167. The lowest BCUT2D eigenvalue weighted by molar-refractivity contribution is -0.137. The number of hydrogen-bond donors (Lipinski definition) is 0. The Kier molecular flexibility index (Phi) is 6.39. The highest BCUT2D eigenvalue weighted by molar-refractivity contribution is 5.95. The lowest BCUT2D eigenvalue weighted by Crippen LogP contribution is -2.08. The highest BCUT2D eigenvalue weighted by Gasteiger charge is 2.32. The van der Waals surface area contributed by atoms with Crippen LogP contribution in [0.3, 0.4) is 0 Å². The van der Waals surface area contributed by atoms with E-state index < -0.39 is 29.4 Å². The maximum absolute atomic E-state index is 13.9. The maximum atomic E-state index is 13.9. The van der Waals surface area contributed by atoms with Gasteiger partial charge in [0, 0.05) is 5.56 Å². The Labute approximate surface area is 186 Å². The van der Waals surface area contributed by atoms with E-state index in [0.29, 0.717) is 0 Å². The summed E-state index contributed by atoms with van der Waals surface area (Å²) in [6, 6.07) is 15.2. The van der Waals surface area contributed by atoms with Crippen molar-refractivity contribution in [2.45, 2.75) is 18.8 Å². The fourth-order valence-corrected chi connectivity index (χ4v) is 3.29. The van der Waals surface area contributed by atoms with Crippen LogP contribution in [0.1, 0.15) is 33.9 Å². The molecule has 0 N–H and O–H groups in total. The molecule has 3 aromatic rings. The van der Waals surface area contributed by atoms with Crippen molar-refractivity contribution < 1.29 is 31.5 Å². The number of benzene rings is 3. The molecule has 0 fully saturated rings. The number of aliphatic imine (C=N–C) groups is 1. The molecule has 0 radical (unpaired) electrons. The molecule has 1 unspecified atom stereocenters. The van der Waals surface area contributed by atoms with Crippen LogP contribution in [0.4, 0.5) is 22.0 Å². The van der Waals surface area contributed by atoms with Gasteiger partial charge in [0.05, 0.1) is 11.8 Å². The molecule has 0 bridgehead atoms. The minimum Gasteiger partial charge on any atom is -0.475 e. The molecule has 0 saturated carbocycles. The van der Waals surface area contributed by atoms with Crippen LogP contribution in [0.25, 0.3) is 0 Å². The van der Waals surface area contributed by atoms with E-state index in [0.717, 1.165) is 35.5 Å². The molecule has 4 rings (SSSR count). The van der Waals surface area contributed by atoms with Crippen molar-refractivity contribution in [1.29, 1.82) is 0 Å². The largest absolute Gasteiger partial charge is 0.475 e. The van der Waals surface area contributed by atoms with Crippen LogP contribution >= 0.6 is 0 Å². The van der Waals surface area contributed by atoms with Gasteiger partial charge in [-0.2, -0.15) is 13.2 Å². The molecular weight excluding hydrogens is 443 g/mol. The van der Waals surface area contributed by atoms with Crippen LogP contribution in [0.15, 0.2) is 76.9 Å². The summed E-state index contributed by atoms with van der Waals surface area (Å²) in [4.78, 5) is 9.41. The number of hydrogen-bond acceptors (Lipinski definition) is 4. The second kappa shape index (κ2) is 9.40. The van der Waals surface area contributed by atoms with Crippen molar-refractivity contribution in [3.63, 3.8) is 0 Å². The Bertz CT molecular complexity index is 1170. The van der Waals surface area contributed by atoms with Crippen molar-refractivity contribution in [2.75, 3.05) is 6.61 Å². The van der Waals surface area contributed by atoms with Crippen molar-refractivity contribution in [2.24, 2.45) is 10.1 Å². The van der Waals surface area contributed by atoms with E-state index in [4.69, 9.17) is 9.57 Å². The highest BCUT2D eigenvalue weighted by Crippen LogP contribution is 2.31. The summed E-state index contributed by atoms with van der Waals surface area (Å²) in [5.41, 5.74) is 0.309. The Hall–Kier alpha value is -3.75. The third-order valence-corrected chi connectivity index (χ3v) is 4.96. The number of rotatable bonds is 6. The Morgan fingerprint density at radius 1 is 0.970 bits per heavy atom. The molecule has 0 amide bonds. The molecule has 170 valence electrons. The molecule has 3 aromatic carbocycles. The third kappa shape index (κ3) is 5.19. The molecular formula is C24H17F5N2O2. The summed E-state index contributed by atoms with van der Waals surface area (Å²) in [6.45, 7) is 0.183. The van der Waals surface area contributed by atoms with Crippen LogP contribution in [-0.2, 0) is 22.4 Å². The summed E-state index contributed by atoms with van der Waals surface area (Å²) < 4.78 is 72.3. The summed E-state index contributed by atoms with van der Waals surface area (Å²) in [7, 11) is 0. The monoisotopic (exact) mass is 460 g/mol. The second-order valence-corrected chi connectivity index (χ2v) is 7.19. The number of oxime groups is 1. The van der Waals surface area contributed by atoms with Gasteiger partial charge in [-0.3, -0.25) is 0 Å². The second-order valence-electron chi connectivity index (χ2n) is 7.19. The maximum Gasteiger partial charge on any atom is 0.417 e. The zero-order valence-corrected chi connectivity index (χ0v) is 17.0. The molecule has 0 spiro atoms. The van der Waals surface area contributed by atoms with Gasteiger partial charge in [0.2, 0.25) is 5.90 Å².